The first-order valence-electron chi connectivity index (χ1n) is 23.9. The molecule has 0 spiro atoms. The Morgan fingerprint density at radius 1 is 0.379 bits per heavy atom. The van der Waals surface area contributed by atoms with E-state index < -0.39 is 0 Å². The normalized spacial score (nSPS) is 10.8. The summed E-state index contributed by atoms with van der Waals surface area (Å²) in [6, 6.07) is 46.7. The van der Waals surface area contributed by atoms with Crippen LogP contribution in [0.4, 0.5) is 0 Å². The van der Waals surface area contributed by atoms with Crippen LogP contribution in [0, 0.1) is 55.4 Å². The summed E-state index contributed by atoms with van der Waals surface area (Å²) < 4.78 is 0. The second-order valence-corrected chi connectivity index (χ2v) is 28.5. The quantitative estimate of drug-likeness (QED) is 0.0650. The molecule has 0 aliphatic rings. The first-order chi connectivity index (χ1) is 30.6. The molecule has 0 N–H and O–H groups in total. The summed E-state index contributed by atoms with van der Waals surface area (Å²) in [6.07, 6.45) is 10.0. The SMILES string of the molecule is CCCCCc1cc2c(-c3cc(C)cc(C)c3)ccc(-c3cc(C)cc(C)c3)c2[cH-]1.CCCCCc1cc2c(-c3cc(C)cc(C)c3)ccc(-c3cc(C)cc(C)c3)c2[cH-]1.C[Si](C)=[Zr+2].[Cl-].[Cl-]. The maximum Gasteiger partial charge on any atom is -1.00 e. The van der Waals surface area contributed by atoms with Gasteiger partial charge in [0.25, 0.3) is 0 Å². The summed E-state index contributed by atoms with van der Waals surface area (Å²) in [5.41, 5.74) is 24.5. The van der Waals surface area contributed by atoms with Gasteiger partial charge in [-0.2, -0.15) is 12.1 Å². The maximum atomic E-state index is 2.45. The van der Waals surface area contributed by atoms with Crippen molar-refractivity contribution in [2.45, 2.75) is 134 Å². The fourth-order valence-electron chi connectivity index (χ4n) is 9.69. The minimum Gasteiger partial charge on any atom is -1.00 e. The zero-order valence-corrected chi connectivity index (χ0v) is 46.9. The van der Waals surface area contributed by atoms with Gasteiger partial charge >= 0.3 is 41.9 Å². The number of benzene rings is 6. The molecule has 8 aromatic rings. The van der Waals surface area contributed by atoms with Crippen LogP contribution in [0.1, 0.15) is 108 Å². The summed E-state index contributed by atoms with van der Waals surface area (Å²) in [5, 5.41) is 5.57. The van der Waals surface area contributed by atoms with Gasteiger partial charge in [0, 0.05) is 0 Å². The van der Waals surface area contributed by atoms with Gasteiger partial charge in [0.2, 0.25) is 0 Å². The second-order valence-electron chi connectivity index (χ2n) is 19.1. The van der Waals surface area contributed by atoms with Gasteiger partial charge in [-0.05, 0) is 79.4 Å². The minimum atomic E-state index is 0. The van der Waals surface area contributed by atoms with E-state index in [9.17, 15) is 0 Å². The molecule has 0 atom stereocenters. The third kappa shape index (κ3) is 14.6. The van der Waals surface area contributed by atoms with Crippen molar-refractivity contribution >= 4 is 27.0 Å². The van der Waals surface area contributed by atoms with Crippen molar-refractivity contribution in [2.75, 3.05) is 0 Å². The van der Waals surface area contributed by atoms with E-state index in [0.29, 0.717) is 0 Å². The topological polar surface area (TPSA) is 0 Å². The Kier molecular flexibility index (Phi) is 21.2. The molecule has 344 valence electrons. The van der Waals surface area contributed by atoms with E-state index in [1.807, 2.05) is 0 Å². The molecule has 4 heteroatoms. The standard InChI is InChI=1S/2C30H33.C2H6Si.2ClH.Zr/c2*1-6-7-8-9-24-18-29-27(25-14-20(2)12-21(3)15-25)10-11-28(30(29)19-24)26-16-22(4)13-23(5)17-26;1-3-2;;;/h2*10-19H,6-9H2,1-5H3;1-2H3;2*1H;/q2*-1;;;;+2/p-2. The third-order valence-corrected chi connectivity index (χ3v) is 12.2. The van der Waals surface area contributed by atoms with E-state index in [1.165, 1.54) is 173 Å². The van der Waals surface area contributed by atoms with Gasteiger partial charge in [0.05, 0.1) is 0 Å². The van der Waals surface area contributed by atoms with Crippen LogP contribution in [0.5, 0.6) is 0 Å². The summed E-state index contributed by atoms with van der Waals surface area (Å²) in [7, 11) is 0. The number of rotatable bonds is 12. The summed E-state index contributed by atoms with van der Waals surface area (Å²) >= 11 is 1.74. The Balaban J connectivity index is 0.000000260. The Hall–Kier alpha value is -3.78. The molecular formula is C62H72Cl2SiZr-2. The van der Waals surface area contributed by atoms with E-state index in [2.05, 4.69) is 204 Å². The van der Waals surface area contributed by atoms with Crippen LogP contribution < -0.4 is 24.8 Å². The fraction of sp³-hybridized carbons (Fsp3) is 0.323. The van der Waals surface area contributed by atoms with Gasteiger partial charge in [-0.1, -0.05) is 227 Å². The van der Waals surface area contributed by atoms with Gasteiger partial charge < -0.3 is 24.8 Å². The predicted octanol–water partition coefficient (Wildman–Crippen LogP) is 12.5. The molecule has 0 heterocycles. The van der Waals surface area contributed by atoms with Crippen LogP contribution >= 0.6 is 0 Å². The van der Waals surface area contributed by atoms with Crippen LogP contribution in [0.25, 0.3) is 66.1 Å². The molecule has 0 aliphatic heterocycles. The van der Waals surface area contributed by atoms with Gasteiger partial charge in [0.15, 0.2) is 0 Å². The number of hydrogen-bond donors (Lipinski definition) is 0. The molecule has 0 aromatic heterocycles. The number of fused-ring (bicyclic) bond motifs is 2. The smallest absolute Gasteiger partial charge is 1.00 e. The molecule has 0 bridgehead atoms. The molecule has 0 unspecified atom stereocenters. The average Bonchev–Trinajstić information content (AvgIpc) is 3.84. The zero-order valence-electron chi connectivity index (χ0n) is 42.0. The second kappa shape index (κ2) is 25.5. The van der Waals surface area contributed by atoms with E-state index in [1.54, 1.807) is 23.3 Å². The Morgan fingerprint density at radius 3 is 0.879 bits per heavy atom. The summed E-state index contributed by atoms with van der Waals surface area (Å²) in [6.45, 7) is 26.7. The van der Waals surface area contributed by atoms with Gasteiger partial charge in [-0.3, -0.25) is 0 Å². The van der Waals surface area contributed by atoms with Crippen molar-refractivity contribution in [3.05, 3.63) is 177 Å². The molecular weight excluding hydrogens is 935 g/mol. The van der Waals surface area contributed by atoms with Crippen molar-refractivity contribution in [2.24, 2.45) is 0 Å². The van der Waals surface area contributed by atoms with Crippen molar-refractivity contribution in [1.29, 1.82) is 0 Å². The summed E-state index contributed by atoms with van der Waals surface area (Å²) in [4.78, 5) is 0. The molecule has 0 nitrogen and oxygen atoms in total. The molecule has 66 heavy (non-hydrogen) atoms. The van der Waals surface area contributed by atoms with E-state index >= 15 is 0 Å². The fourth-order valence-corrected chi connectivity index (χ4v) is 9.69. The Morgan fingerprint density at radius 2 is 0.621 bits per heavy atom. The van der Waals surface area contributed by atoms with Gasteiger partial charge in [-0.25, -0.2) is 0 Å². The molecule has 0 amide bonds. The molecule has 0 saturated carbocycles. The Labute approximate surface area is 427 Å². The van der Waals surface area contributed by atoms with Crippen LogP contribution in [0.3, 0.4) is 0 Å². The Bertz CT molecular complexity index is 2430. The summed E-state index contributed by atoms with van der Waals surface area (Å²) in [5.74, 6) is 0. The number of aryl methyl sites for hydroxylation is 10. The number of hydrogen-bond acceptors (Lipinski definition) is 0. The number of halogens is 2. The molecule has 0 aliphatic carbocycles. The van der Waals surface area contributed by atoms with Crippen molar-refractivity contribution in [3.63, 3.8) is 0 Å². The minimum absolute atomic E-state index is 0. The predicted molar refractivity (Wildman–Crippen MR) is 283 cm³/mol. The van der Waals surface area contributed by atoms with Crippen LogP contribution in [0.15, 0.2) is 121 Å². The largest absolute Gasteiger partial charge is 1.00 e. The molecule has 0 radical (unpaired) electrons. The molecule has 8 aromatic carbocycles. The monoisotopic (exact) mass is 1000 g/mol. The van der Waals surface area contributed by atoms with Gasteiger partial charge in [-0.15, -0.1) is 44.8 Å². The van der Waals surface area contributed by atoms with Crippen molar-refractivity contribution in [1.82, 2.24) is 0 Å². The van der Waals surface area contributed by atoms with E-state index in [4.69, 9.17) is 0 Å². The van der Waals surface area contributed by atoms with Crippen molar-refractivity contribution < 1.29 is 48.1 Å². The average molecular weight is 1010 g/mol. The molecule has 0 saturated heterocycles. The van der Waals surface area contributed by atoms with E-state index in [0.717, 1.165) is 0 Å². The van der Waals surface area contributed by atoms with Crippen LogP contribution in [-0.4, -0.2) is 5.43 Å². The first-order valence-corrected chi connectivity index (χ1v) is 30.1. The van der Waals surface area contributed by atoms with Gasteiger partial charge in [0.1, 0.15) is 0 Å². The van der Waals surface area contributed by atoms with Crippen LogP contribution in [0.2, 0.25) is 13.1 Å². The first kappa shape index (κ1) is 54.8. The van der Waals surface area contributed by atoms with Crippen molar-refractivity contribution in [3.8, 4) is 44.5 Å². The third-order valence-electron chi connectivity index (χ3n) is 12.2. The zero-order chi connectivity index (χ0) is 46.1. The molecule has 0 fully saturated rings. The van der Waals surface area contributed by atoms with Crippen LogP contribution in [-0.2, 0) is 36.2 Å². The van der Waals surface area contributed by atoms with E-state index in [-0.39, 0.29) is 30.2 Å². The maximum absolute atomic E-state index is 2.45. The molecule has 8 rings (SSSR count). The number of unbranched alkanes of at least 4 members (excludes halogenated alkanes) is 4.